The minimum Gasteiger partial charge on any atom is -0.361 e. The van der Waals surface area contributed by atoms with E-state index in [1.165, 1.54) is 16.8 Å². The summed E-state index contributed by atoms with van der Waals surface area (Å²) in [4.78, 5) is 0. The maximum Gasteiger partial charge on any atom is 0.134 e. The van der Waals surface area contributed by atoms with Crippen LogP contribution in [0.2, 0.25) is 0 Å². The van der Waals surface area contributed by atoms with Crippen molar-refractivity contribution in [3.05, 3.63) is 29.3 Å². The second-order valence-electron chi connectivity index (χ2n) is 3.82. The summed E-state index contributed by atoms with van der Waals surface area (Å²) < 4.78 is 5.39. The Morgan fingerprint density at radius 1 is 1.43 bits per heavy atom. The third-order valence-electron chi connectivity index (χ3n) is 3.05. The van der Waals surface area contributed by atoms with E-state index < -0.39 is 0 Å². The van der Waals surface area contributed by atoms with Gasteiger partial charge in [-0.3, -0.25) is 0 Å². The fraction of sp³-hybridized carbons (Fsp3) is 0.500. The number of aryl methyl sites for hydroxylation is 1. The van der Waals surface area contributed by atoms with E-state index in [0.717, 1.165) is 6.42 Å². The van der Waals surface area contributed by atoms with Gasteiger partial charge in [-0.2, -0.15) is 0 Å². The van der Waals surface area contributed by atoms with Gasteiger partial charge in [-0.1, -0.05) is 32.0 Å². The van der Waals surface area contributed by atoms with Gasteiger partial charge in [-0.15, -0.1) is 0 Å². The lowest BCUT2D eigenvalue weighted by atomic mass is 9.99. The van der Waals surface area contributed by atoms with Crippen LogP contribution in [0.3, 0.4) is 0 Å². The highest BCUT2D eigenvalue weighted by molar-refractivity contribution is 5.63. The molecule has 0 aromatic heterocycles. The van der Waals surface area contributed by atoms with Gasteiger partial charge in [-0.05, 0) is 17.5 Å². The summed E-state index contributed by atoms with van der Waals surface area (Å²) in [6.45, 7) is 4.38. The molecule has 2 rings (SSSR count). The molecule has 0 spiro atoms. The van der Waals surface area contributed by atoms with Crippen molar-refractivity contribution >= 4 is 5.69 Å². The molecule has 1 N–H and O–H groups in total. The van der Waals surface area contributed by atoms with E-state index in [1.54, 1.807) is 7.11 Å². The molecular weight excluding hydrogens is 174 g/mol. The van der Waals surface area contributed by atoms with E-state index in [0.29, 0.717) is 5.92 Å². The maximum absolute atomic E-state index is 5.39. The summed E-state index contributed by atoms with van der Waals surface area (Å²) in [5.74, 6) is 0.446. The topological polar surface area (TPSA) is 21.3 Å². The van der Waals surface area contributed by atoms with Crippen LogP contribution in [0.1, 0.15) is 30.9 Å². The van der Waals surface area contributed by atoms with Crippen molar-refractivity contribution in [3.8, 4) is 0 Å². The molecule has 14 heavy (non-hydrogen) atoms. The second kappa shape index (κ2) is 3.62. The number of methoxy groups -OCH3 is 1. The summed E-state index contributed by atoms with van der Waals surface area (Å²) in [5, 5.41) is 3.43. The highest BCUT2D eigenvalue weighted by atomic mass is 16.5. The van der Waals surface area contributed by atoms with Crippen LogP contribution in [0.15, 0.2) is 18.2 Å². The van der Waals surface area contributed by atoms with Crippen LogP contribution in [0.4, 0.5) is 5.69 Å². The zero-order valence-electron chi connectivity index (χ0n) is 9.00. The lowest BCUT2D eigenvalue weighted by Gasteiger charge is -2.13. The summed E-state index contributed by atoms with van der Waals surface area (Å²) in [5.41, 5.74) is 4.06. The molecular formula is C12H17NO. The number of hydrogen-bond donors (Lipinski definition) is 1. The number of ether oxygens (including phenoxy) is 1. The molecule has 1 aliphatic rings. The zero-order chi connectivity index (χ0) is 10.1. The van der Waals surface area contributed by atoms with Crippen molar-refractivity contribution in [1.29, 1.82) is 0 Å². The zero-order valence-corrected chi connectivity index (χ0v) is 9.00. The first kappa shape index (κ1) is 9.53. The molecule has 2 nitrogen and oxygen atoms in total. The van der Waals surface area contributed by atoms with Gasteiger partial charge < -0.3 is 10.1 Å². The van der Waals surface area contributed by atoms with Gasteiger partial charge in [0.05, 0.1) is 0 Å². The molecule has 0 aliphatic carbocycles. The van der Waals surface area contributed by atoms with Gasteiger partial charge in [0, 0.05) is 18.7 Å². The quantitative estimate of drug-likeness (QED) is 0.776. The van der Waals surface area contributed by atoms with E-state index in [1.807, 2.05) is 0 Å². The predicted octanol–water partition coefficient (Wildman–Crippen LogP) is 2.75. The van der Waals surface area contributed by atoms with Crippen molar-refractivity contribution in [2.24, 2.45) is 0 Å². The minimum absolute atomic E-state index is 0.137. The minimum atomic E-state index is 0.137. The number of benzene rings is 1. The van der Waals surface area contributed by atoms with Crippen molar-refractivity contribution in [3.63, 3.8) is 0 Å². The second-order valence-corrected chi connectivity index (χ2v) is 3.82. The van der Waals surface area contributed by atoms with Gasteiger partial charge in [0.2, 0.25) is 0 Å². The Bertz CT molecular complexity index is 335. The van der Waals surface area contributed by atoms with Crippen LogP contribution >= 0.6 is 0 Å². The molecule has 0 bridgehead atoms. The van der Waals surface area contributed by atoms with Crippen molar-refractivity contribution in [2.75, 3.05) is 12.4 Å². The highest BCUT2D eigenvalue weighted by Gasteiger charge is 2.29. The van der Waals surface area contributed by atoms with E-state index >= 15 is 0 Å². The Kier molecular flexibility index (Phi) is 2.46. The normalized spacial score (nSPS) is 24.5. The third-order valence-corrected chi connectivity index (χ3v) is 3.05. The molecule has 0 radical (unpaired) electrons. The molecule has 76 valence electrons. The van der Waals surface area contributed by atoms with Crippen LogP contribution < -0.4 is 5.32 Å². The van der Waals surface area contributed by atoms with Crippen LogP contribution in [-0.2, 0) is 11.2 Å². The first-order valence-electron chi connectivity index (χ1n) is 5.19. The summed E-state index contributed by atoms with van der Waals surface area (Å²) >= 11 is 0. The van der Waals surface area contributed by atoms with Crippen LogP contribution in [0.5, 0.6) is 0 Å². The predicted molar refractivity (Wildman–Crippen MR) is 58.7 cm³/mol. The monoisotopic (exact) mass is 191 g/mol. The highest BCUT2D eigenvalue weighted by Crippen LogP contribution is 2.38. The average molecular weight is 191 g/mol. The maximum atomic E-state index is 5.39. The largest absolute Gasteiger partial charge is 0.361 e. The number of nitrogens with one attached hydrogen (secondary N) is 1. The van der Waals surface area contributed by atoms with Gasteiger partial charge in [-0.25, -0.2) is 0 Å². The number of para-hydroxylation sites is 1. The van der Waals surface area contributed by atoms with Gasteiger partial charge in [0.1, 0.15) is 6.23 Å². The number of rotatable bonds is 2. The molecule has 0 fully saturated rings. The third kappa shape index (κ3) is 1.30. The van der Waals surface area contributed by atoms with Crippen molar-refractivity contribution < 1.29 is 4.74 Å². The lowest BCUT2D eigenvalue weighted by Crippen LogP contribution is -2.20. The first-order chi connectivity index (χ1) is 6.77. The summed E-state index contributed by atoms with van der Waals surface area (Å²) in [6.07, 6.45) is 1.21. The SMILES string of the molecule is CCc1cccc2c1NC(OC)C2C. The Balaban J connectivity index is 2.42. The molecule has 0 saturated heterocycles. The molecule has 0 amide bonds. The summed E-state index contributed by atoms with van der Waals surface area (Å²) in [6, 6.07) is 6.50. The number of fused-ring (bicyclic) bond motifs is 1. The molecule has 1 heterocycles. The van der Waals surface area contributed by atoms with Crippen LogP contribution in [-0.4, -0.2) is 13.3 Å². The molecule has 2 heteroatoms. The molecule has 1 aliphatic heterocycles. The van der Waals surface area contributed by atoms with Crippen molar-refractivity contribution in [2.45, 2.75) is 32.4 Å². The Hall–Kier alpha value is -1.02. The van der Waals surface area contributed by atoms with E-state index in [9.17, 15) is 0 Å². The smallest absolute Gasteiger partial charge is 0.134 e. The van der Waals surface area contributed by atoms with Crippen molar-refractivity contribution in [1.82, 2.24) is 0 Å². The number of hydrogen-bond acceptors (Lipinski definition) is 2. The molecule has 1 aromatic rings. The van der Waals surface area contributed by atoms with E-state index in [4.69, 9.17) is 4.74 Å². The van der Waals surface area contributed by atoms with Gasteiger partial charge >= 0.3 is 0 Å². The standard InChI is InChI=1S/C12H17NO/c1-4-9-6-5-7-10-8(2)12(14-3)13-11(9)10/h5-8,12-13H,4H2,1-3H3. The first-order valence-corrected chi connectivity index (χ1v) is 5.19. The molecule has 1 aromatic carbocycles. The van der Waals surface area contributed by atoms with Crippen LogP contribution in [0, 0.1) is 0 Å². The summed E-state index contributed by atoms with van der Waals surface area (Å²) in [7, 11) is 1.76. The Morgan fingerprint density at radius 3 is 2.86 bits per heavy atom. The lowest BCUT2D eigenvalue weighted by molar-refractivity contribution is 0.113. The fourth-order valence-electron chi connectivity index (χ4n) is 2.16. The average Bonchev–Trinajstić information content (AvgIpc) is 2.55. The van der Waals surface area contributed by atoms with E-state index in [-0.39, 0.29) is 6.23 Å². The van der Waals surface area contributed by atoms with Crippen LogP contribution in [0.25, 0.3) is 0 Å². The van der Waals surface area contributed by atoms with E-state index in [2.05, 4.69) is 37.4 Å². The van der Waals surface area contributed by atoms with Gasteiger partial charge in [0.25, 0.3) is 0 Å². The molecule has 2 unspecified atom stereocenters. The Labute approximate surface area is 85.3 Å². The molecule has 2 atom stereocenters. The number of anilines is 1. The van der Waals surface area contributed by atoms with Gasteiger partial charge in [0.15, 0.2) is 0 Å². The molecule has 0 saturated carbocycles. The Morgan fingerprint density at radius 2 is 2.21 bits per heavy atom. The fourth-order valence-corrected chi connectivity index (χ4v) is 2.16.